The van der Waals surface area contributed by atoms with Crippen LogP contribution < -0.4 is 10.1 Å². The Morgan fingerprint density at radius 2 is 2.15 bits per heavy atom. The van der Waals surface area contributed by atoms with E-state index in [1.54, 1.807) is 24.3 Å². The normalized spacial score (nSPS) is 15.4. The smallest absolute Gasteiger partial charge is 0.235 e. The summed E-state index contributed by atoms with van der Waals surface area (Å²) in [6.07, 6.45) is 2.92. The third kappa shape index (κ3) is 5.93. The second-order valence-corrected chi connectivity index (χ2v) is 11.8. The van der Waals surface area contributed by atoms with Gasteiger partial charge in [-0.25, -0.2) is 4.98 Å². The zero-order chi connectivity index (χ0) is 24.3. The van der Waals surface area contributed by atoms with Gasteiger partial charge in [0.1, 0.15) is 23.4 Å². The average Bonchev–Trinajstić information content (AvgIpc) is 3.39. The summed E-state index contributed by atoms with van der Waals surface area (Å²) in [5, 5.41) is 21.4. The molecule has 0 saturated heterocycles. The Morgan fingerprint density at radius 3 is 2.85 bits per heavy atom. The van der Waals surface area contributed by atoms with Gasteiger partial charge in [0.2, 0.25) is 11.1 Å². The van der Waals surface area contributed by atoms with Gasteiger partial charge < -0.3 is 10.1 Å². The number of H-pyrrole nitrogens is 1. The summed E-state index contributed by atoms with van der Waals surface area (Å²) in [4.78, 5) is 18.2. The highest BCUT2D eigenvalue weighted by atomic mass is 35.5. The summed E-state index contributed by atoms with van der Waals surface area (Å²) in [5.74, 6) is 1.77. The molecule has 178 valence electrons. The number of halogens is 1. The molecule has 3 aromatic rings. The SMILES string of the molecule is CC(C)(C)[C@H]1CCc2c(sc(NC(=O)CSc3n[nH]c(COc4ccc(Cl)cc4)n3)c2C#N)C1. The number of nitrogens with one attached hydrogen (secondary N) is 2. The van der Waals surface area contributed by atoms with E-state index in [4.69, 9.17) is 16.3 Å². The van der Waals surface area contributed by atoms with E-state index < -0.39 is 0 Å². The van der Waals surface area contributed by atoms with Crippen molar-refractivity contribution >= 4 is 45.6 Å². The first-order valence-electron chi connectivity index (χ1n) is 11.0. The molecule has 7 nitrogen and oxygen atoms in total. The highest BCUT2D eigenvalue weighted by Gasteiger charge is 2.32. The molecule has 2 heterocycles. The Bertz CT molecular complexity index is 1210. The summed E-state index contributed by atoms with van der Waals surface area (Å²) in [6.45, 7) is 7.02. The Balaban J connectivity index is 1.31. The molecular weight excluding hydrogens is 490 g/mol. The molecule has 34 heavy (non-hydrogen) atoms. The number of aromatic amines is 1. The number of amides is 1. The number of benzene rings is 1. The Hall–Kier alpha value is -2.54. The van der Waals surface area contributed by atoms with Crippen molar-refractivity contribution in [1.82, 2.24) is 15.2 Å². The van der Waals surface area contributed by atoms with Crippen molar-refractivity contribution in [2.75, 3.05) is 11.1 Å². The third-order valence-corrected chi connectivity index (χ3v) is 8.16. The highest BCUT2D eigenvalue weighted by Crippen LogP contribution is 2.44. The second kappa shape index (κ2) is 10.4. The number of aromatic nitrogens is 3. The van der Waals surface area contributed by atoms with Gasteiger partial charge in [-0.15, -0.1) is 16.4 Å². The first kappa shape index (κ1) is 24.6. The minimum atomic E-state index is -0.184. The number of carbonyl (C=O) groups is 1. The molecule has 2 aromatic heterocycles. The van der Waals surface area contributed by atoms with Crippen molar-refractivity contribution in [3.8, 4) is 11.8 Å². The third-order valence-electron chi connectivity index (χ3n) is 5.89. The van der Waals surface area contributed by atoms with Crippen molar-refractivity contribution in [3.63, 3.8) is 0 Å². The molecular formula is C24H26ClN5O2S2. The van der Waals surface area contributed by atoms with E-state index in [1.807, 2.05) is 0 Å². The summed E-state index contributed by atoms with van der Waals surface area (Å²) in [6, 6.07) is 9.37. The second-order valence-electron chi connectivity index (χ2n) is 9.27. The molecule has 4 rings (SSSR count). The quantitative estimate of drug-likeness (QED) is 0.382. The number of thiophene rings is 1. The van der Waals surface area contributed by atoms with E-state index in [9.17, 15) is 10.1 Å². The monoisotopic (exact) mass is 515 g/mol. The van der Waals surface area contributed by atoms with Gasteiger partial charge in [0, 0.05) is 9.90 Å². The largest absolute Gasteiger partial charge is 0.486 e. The van der Waals surface area contributed by atoms with Crippen LogP contribution in [0.15, 0.2) is 29.4 Å². The molecule has 0 spiro atoms. The maximum atomic E-state index is 12.6. The van der Waals surface area contributed by atoms with Crippen LogP contribution in [-0.4, -0.2) is 26.8 Å². The zero-order valence-corrected chi connectivity index (χ0v) is 21.7. The van der Waals surface area contributed by atoms with E-state index >= 15 is 0 Å². The fourth-order valence-electron chi connectivity index (χ4n) is 3.91. The molecule has 0 saturated carbocycles. The standard InChI is InChI=1S/C24H26ClN5O2S2/c1-24(2,3)14-4-9-17-18(11-26)22(34-19(17)10-14)28-21(31)13-33-23-27-20(29-30-23)12-32-16-7-5-15(25)6-8-16/h5-8,14H,4,9-10,12-13H2,1-3H3,(H,28,31)(H,27,29,30)/t14-/m0/s1. The lowest BCUT2D eigenvalue weighted by atomic mass is 9.72. The molecule has 1 aliphatic carbocycles. The lowest BCUT2D eigenvalue weighted by molar-refractivity contribution is -0.113. The highest BCUT2D eigenvalue weighted by molar-refractivity contribution is 7.99. The Morgan fingerprint density at radius 1 is 1.38 bits per heavy atom. The molecule has 0 unspecified atom stereocenters. The molecule has 0 aliphatic heterocycles. The number of fused-ring (bicyclic) bond motifs is 1. The Kier molecular flexibility index (Phi) is 7.51. The van der Waals surface area contributed by atoms with E-state index in [-0.39, 0.29) is 23.7 Å². The van der Waals surface area contributed by atoms with Crippen molar-refractivity contribution in [1.29, 1.82) is 5.26 Å². The number of rotatable bonds is 7. The van der Waals surface area contributed by atoms with E-state index in [0.29, 0.717) is 38.2 Å². The molecule has 0 radical (unpaired) electrons. The van der Waals surface area contributed by atoms with Crippen LogP contribution in [0.5, 0.6) is 5.75 Å². The number of carbonyl (C=O) groups excluding carboxylic acids is 1. The minimum absolute atomic E-state index is 0.146. The van der Waals surface area contributed by atoms with Crippen molar-refractivity contribution in [2.24, 2.45) is 11.3 Å². The van der Waals surface area contributed by atoms with Crippen molar-refractivity contribution in [3.05, 3.63) is 51.1 Å². The number of hydrogen-bond acceptors (Lipinski definition) is 7. The van der Waals surface area contributed by atoms with Gasteiger partial charge in [-0.05, 0) is 60.4 Å². The van der Waals surface area contributed by atoms with Crippen LogP contribution in [0, 0.1) is 22.7 Å². The zero-order valence-electron chi connectivity index (χ0n) is 19.3. The molecule has 1 aromatic carbocycles. The summed E-state index contributed by atoms with van der Waals surface area (Å²) in [5.41, 5.74) is 1.95. The van der Waals surface area contributed by atoms with Crippen LogP contribution in [0.3, 0.4) is 0 Å². The van der Waals surface area contributed by atoms with E-state index in [2.05, 4.69) is 47.3 Å². The number of hydrogen-bond donors (Lipinski definition) is 2. The number of anilines is 1. The topological polar surface area (TPSA) is 104 Å². The first-order valence-corrected chi connectivity index (χ1v) is 13.2. The van der Waals surface area contributed by atoms with Gasteiger partial charge in [0.15, 0.2) is 5.82 Å². The fourth-order valence-corrected chi connectivity index (χ4v) is 5.95. The molecule has 1 amide bonds. The fraction of sp³-hybridized carbons (Fsp3) is 0.417. The first-order chi connectivity index (χ1) is 16.2. The van der Waals surface area contributed by atoms with E-state index in [1.165, 1.54) is 28.0 Å². The number of nitriles is 1. The molecule has 0 fully saturated rings. The number of thioether (sulfide) groups is 1. The molecule has 1 aliphatic rings. The molecule has 2 N–H and O–H groups in total. The van der Waals surface area contributed by atoms with Gasteiger partial charge >= 0.3 is 0 Å². The average molecular weight is 516 g/mol. The van der Waals surface area contributed by atoms with Crippen LogP contribution in [0.4, 0.5) is 5.00 Å². The van der Waals surface area contributed by atoms with Crippen molar-refractivity contribution in [2.45, 2.75) is 51.8 Å². The van der Waals surface area contributed by atoms with Gasteiger partial charge in [0.05, 0.1) is 11.3 Å². The lowest BCUT2D eigenvalue weighted by Crippen LogP contribution is -2.26. The van der Waals surface area contributed by atoms with Gasteiger partial charge in [0.25, 0.3) is 0 Å². The van der Waals surface area contributed by atoms with Crippen LogP contribution in [0.1, 0.15) is 49.0 Å². The molecule has 10 heteroatoms. The van der Waals surface area contributed by atoms with Crippen molar-refractivity contribution < 1.29 is 9.53 Å². The molecule has 1 atom stereocenters. The number of ether oxygens (including phenoxy) is 1. The number of nitrogens with zero attached hydrogens (tertiary/aromatic N) is 3. The van der Waals surface area contributed by atoms with Gasteiger partial charge in [-0.1, -0.05) is 44.1 Å². The molecule has 0 bridgehead atoms. The van der Waals surface area contributed by atoms with Crippen LogP contribution >= 0.6 is 34.7 Å². The van der Waals surface area contributed by atoms with Crippen LogP contribution in [0.2, 0.25) is 5.02 Å². The van der Waals surface area contributed by atoms with E-state index in [0.717, 1.165) is 24.8 Å². The van der Waals surface area contributed by atoms with Gasteiger partial charge in [-0.3, -0.25) is 9.89 Å². The summed E-state index contributed by atoms with van der Waals surface area (Å²) >= 11 is 8.64. The summed E-state index contributed by atoms with van der Waals surface area (Å²) in [7, 11) is 0. The minimum Gasteiger partial charge on any atom is -0.486 e. The van der Waals surface area contributed by atoms with Gasteiger partial charge in [-0.2, -0.15) is 5.26 Å². The van der Waals surface area contributed by atoms with Crippen LogP contribution in [0.25, 0.3) is 0 Å². The van der Waals surface area contributed by atoms with Crippen LogP contribution in [-0.2, 0) is 24.2 Å². The summed E-state index contributed by atoms with van der Waals surface area (Å²) < 4.78 is 5.65. The predicted molar refractivity (Wildman–Crippen MR) is 136 cm³/mol. The lowest BCUT2D eigenvalue weighted by Gasteiger charge is -2.33. The Labute approximate surface area is 212 Å². The predicted octanol–water partition coefficient (Wildman–Crippen LogP) is 5.85. The maximum Gasteiger partial charge on any atom is 0.235 e. The maximum absolute atomic E-state index is 12.6.